The van der Waals surface area contributed by atoms with Gasteiger partial charge in [-0.3, -0.25) is 14.6 Å². The smallest absolute Gasteiger partial charge is 0.234 e. The Morgan fingerprint density at radius 1 is 1.07 bits per heavy atom. The summed E-state index contributed by atoms with van der Waals surface area (Å²) in [5, 5.41) is 12.8. The minimum absolute atomic E-state index is 0.0492. The Labute approximate surface area is 175 Å². The Balaban J connectivity index is 1.30. The molecular weight excluding hydrogens is 362 g/mol. The summed E-state index contributed by atoms with van der Waals surface area (Å²) in [7, 11) is 0. The van der Waals surface area contributed by atoms with Crippen LogP contribution in [-0.4, -0.2) is 65.7 Å². The van der Waals surface area contributed by atoms with E-state index in [1.807, 2.05) is 0 Å². The van der Waals surface area contributed by atoms with E-state index in [9.17, 15) is 9.90 Å². The minimum atomic E-state index is 0.0492. The number of carbonyl (C=O) groups is 1. The molecule has 2 saturated heterocycles. The summed E-state index contributed by atoms with van der Waals surface area (Å²) in [6, 6.07) is 7.56. The van der Waals surface area contributed by atoms with Crippen LogP contribution in [-0.2, 0) is 17.6 Å². The van der Waals surface area contributed by atoms with E-state index in [1.165, 1.54) is 48.8 Å². The summed E-state index contributed by atoms with van der Waals surface area (Å²) < 4.78 is 0. The van der Waals surface area contributed by atoms with Gasteiger partial charge in [-0.15, -0.1) is 0 Å². The summed E-state index contributed by atoms with van der Waals surface area (Å²) >= 11 is 0. The maximum absolute atomic E-state index is 12.8. The lowest BCUT2D eigenvalue weighted by Crippen LogP contribution is -2.46. The molecule has 0 aromatic heterocycles. The molecule has 0 radical (unpaired) electrons. The molecule has 4 rings (SSSR count). The molecule has 1 amide bonds. The third-order valence-electron chi connectivity index (χ3n) is 7.25. The van der Waals surface area contributed by atoms with Crippen LogP contribution < -0.4 is 5.32 Å². The number of aliphatic hydroxyl groups excluding tert-OH is 1. The molecule has 3 atom stereocenters. The van der Waals surface area contributed by atoms with Crippen LogP contribution in [0.25, 0.3) is 0 Å². The molecule has 1 aliphatic carbocycles. The number of nitrogens with zero attached hydrogens (tertiary/aromatic N) is 2. The van der Waals surface area contributed by atoms with Gasteiger partial charge in [0.15, 0.2) is 0 Å². The zero-order chi connectivity index (χ0) is 20.2. The second-order valence-electron chi connectivity index (χ2n) is 9.26. The number of nitrogens with one attached hydrogen (secondary N) is 1. The first-order valence-electron chi connectivity index (χ1n) is 11.6. The van der Waals surface area contributed by atoms with Crippen molar-refractivity contribution in [2.45, 2.75) is 76.4 Å². The number of hydrogen-bond acceptors (Lipinski definition) is 4. The molecule has 0 bridgehead atoms. The van der Waals surface area contributed by atoms with Gasteiger partial charge in [0.2, 0.25) is 5.91 Å². The molecule has 2 fully saturated rings. The predicted octanol–water partition coefficient (Wildman–Crippen LogP) is 2.66. The molecule has 29 heavy (non-hydrogen) atoms. The average molecular weight is 400 g/mol. The summed E-state index contributed by atoms with van der Waals surface area (Å²) in [6.45, 7) is 5.90. The fourth-order valence-corrected chi connectivity index (χ4v) is 5.50. The highest BCUT2D eigenvalue weighted by Crippen LogP contribution is 2.25. The number of rotatable bonds is 7. The van der Waals surface area contributed by atoms with Crippen LogP contribution in [0.1, 0.15) is 68.2 Å². The highest BCUT2D eigenvalue weighted by Gasteiger charge is 2.32. The van der Waals surface area contributed by atoms with E-state index in [1.54, 1.807) is 0 Å². The van der Waals surface area contributed by atoms with E-state index < -0.39 is 0 Å². The fourth-order valence-electron chi connectivity index (χ4n) is 5.50. The molecule has 0 saturated carbocycles. The number of benzene rings is 1. The molecule has 3 aliphatic rings. The van der Waals surface area contributed by atoms with Gasteiger partial charge >= 0.3 is 0 Å². The van der Waals surface area contributed by atoms with E-state index in [-0.39, 0.29) is 18.6 Å². The van der Waals surface area contributed by atoms with E-state index in [0.717, 1.165) is 38.9 Å². The van der Waals surface area contributed by atoms with Gasteiger partial charge in [0.1, 0.15) is 0 Å². The molecule has 0 unspecified atom stereocenters. The number of hydrogen-bond donors (Lipinski definition) is 2. The van der Waals surface area contributed by atoms with Gasteiger partial charge in [-0.1, -0.05) is 18.2 Å². The van der Waals surface area contributed by atoms with Gasteiger partial charge in [0.05, 0.1) is 19.2 Å². The number of fused-ring (bicyclic) bond motifs is 1. The SMILES string of the molecule is C[C@H](NC(=O)CN1CCC[C@H]1CN1CCC[C@H]1CO)c1ccc2c(c1)CCCC2. The highest BCUT2D eigenvalue weighted by molar-refractivity contribution is 5.78. The minimum Gasteiger partial charge on any atom is -0.395 e. The third-order valence-corrected chi connectivity index (χ3v) is 7.25. The number of amides is 1. The molecule has 2 N–H and O–H groups in total. The lowest BCUT2D eigenvalue weighted by Gasteiger charge is -2.31. The first-order valence-corrected chi connectivity index (χ1v) is 11.6. The van der Waals surface area contributed by atoms with Gasteiger partial charge in [-0.05, 0) is 88.1 Å². The Bertz CT molecular complexity index is 707. The first-order chi connectivity index (χ1) is 14.1. The zero-order valence-corrected chi connectivity index (χ0v) is 17.9. The van der Waals surface area contributed by atoms with E-state index in [0.29, 0.717) is 18.6 Å². The normalized spacial score (nSPS) is 26.4. The van der Waals surface area contributed by atoms with E-state index >= 15 is 0 Å². The molecular formula is C24H37N3O2. The van der Waals surface area contributed by atoms with Crippen LogP contribution in [0, 0.1) is 0 Å². The van der Waals surface area contributed by atoms with Crippen LogP contribution >= 0.6 is 0 Å². The quantitative estimate of drug-likeness (QED) is 0.740. The summed E-state index contributed by atoms with van der Waals surface area (Å²) in [5.74, 6) is 0.127. The van der Waals surface area contributed by atoms with Gasteiger partial charge in [-0.2, -0.15) is 0 Å². The standard InChI is InChI=1S/C24H37N3O2/c1-18(20-11-10-19-6-2-3-7-21(19)14-20)25-24(29)16-27-13-4-8-22(27)15-26-12-5-9-23(26)17-28/h10-11,14,18,22-23,28H,2-9,12-13,15-17H2,1H3,(H,25,29)/t18-,22-,23-/m0/s1. The van der Waals surface area contributed by atoms with Crippen molar-refractivity contribution in [3.63, 3.8) is 0 Å². The Hall–Kier alpha value is -1.43. The van der Waals surface area contributed by atoms with Gasteiger partial charge in [-0.25, -0.2) is 0 Å². The van der Waals surface area contributed by atoms with Gasteiger partial charge < -0.3 is 10.4 Å². The monoisotopic (exact) mass is 399 g/mol. The second-order valence-corrected chi connectivity index (χ2v) is 9.26. The zero-order valence-electron chi connectivity index (χ0n) is 17.9. The van der Waals surface area contributed by atoms with Crippen molar-refractivity contribution in [2.24, 2.45) is 0 Å². The Morgan fingerprint density at radius 2 is 1.79 bits per heavy atom. The van der Waals surface area contributed by atoms with Crippen molar-refractivity contribution in [2.75, 3.05) is 32.8 Å². The van der Waals surface area contributed by atoms with Crippen molar-refractivity contribution in [1.29, 1.82) is 0 Å². The Kier molecular flexibility index (Phi) is 6.88. The van der Waals surface area contributed by atoms with Crippen LogP contribution in [0.5, 0.6) is 0 Å². The molecule has 5 nitrogen and oxygen atoms in total. The average Bonchev–Trinajstić information content (AvgIpc) is 3.37. The molecule has 1 aromatic carbocycles. The summed E-state index contributed by atoms with van der Waals surface area (Å²) in [5.41, 5.74) is 4.18. The number of likely N-dealkylation sites (tertiary alicyclic amines) is 2. The summed E-state index contributed by atoms with van der Waals surface area (Å²) in [6.07, 6.45) is 9.54. The van der Waals surface area contributed by atoms with Crippen LogP contribution in [0.2, 0.25) is 0 Å². The molecule has 2 heterocycles. The van der Waals surface area contributed by atoms with E-state index in [2.05, 4.69) is 40.2 Å². The van der Waals surface area contributed by atoms with Gasteiger partial charge in [0.25, 0.3) is 0 Å². The molecule has 5 heteroatoms. The van der Waals surface area contributed by atoms with Crippen molar-refractivity contribution >= 4 is 5.91 Å². The van der Waals surface area contributed by atoms with Crippen molar-refractivity contribution in [1.82, 2.24) is 15.1 Å². The lowest BCUT2D eigenvalue weighted by atomic mass is 9.89. The molecule has 2 aliphatic heterocycles. The molecule has 0 spiro atoms. The van der Waals surface area contributed by atoms with Crippen molar-refractivity contribution in [3.8, 4) is 0 Å². The molecule has 160 valence electrons. The van der Waals surface area contributed by atoms with Crippen molar-refractivity contribution in [3.05, 3.63) is 34.9 Å². The van der Waals surface area contributed by atoms with Crippen LogP contribution in [0.3, 0.4) is 0 Å². The largest absolute Gasteiger partial charge is 0.395 e. The molecule has 1 aromatic rings. The van der Waals surface area contributed by atoms with Crippen molar-refractivity contribution < 1.29 is 9.90 Å². The Morgan fingerprint density at radius 3 is 2.59 bits per heavy atom. The second kappa shape index (κ2) is 9.59. The highest BCUT2D eigenvalue weighted by atomic mass is 16.3. The maximum atomic E-state index is 12.8. The third kappa shape index (κ3) is 5.01. The predicted molar refractivity (Wildman–Crippen MR) is 116 cm³/mol. The maximum Gasteiger partial charge on any atom is 0.234 e. The fraction of sp³-hybridized carbons (Fsp3) is 0.708. The lowest BCUT2D eigenvalue weighted by molar-refractivity contribution is -0.123. The van der Waals surface area contributed by atoms with Crippen LogP contribution in [0.4, 0.5) is 0 Å². The van der Waals surface area contributed by atoms with Gasteiger partial charge in [0, 0.05) is 18.6 Å². The summed E-state index contributed by atoms with van der Waals surface area (Å²) in [4.78, 5) is 17.5. The first kappa shape index (κ1) is 20.8. The van der Waals surface area contributed by atoms with Crippen LogP contribution in [0.15, 0.2) is 18.2 Å². The van der Waals surface area contributed by atoms with E-state index in [4.69, 9.17) is 0 Å². The number of aliphatic hydroxyl groups is 1. The number of aryl methyl sites for hydroxylation is 2. The topological polar surface area (TPSA) is 55.8 Å². The number of carbonyl (C=O) groups excluding carboxylic acids is 1.